The molecule has 0 spiro atoms. The monoisotopic (exact) mass is 386 g/mol. The number of carbonyl (C=O) groups is 1. The molecule has 0 saturated carbocycles. The Labute approximate surface area is 167 Å². The van der Waals surface area contributed by atoms with Crippen LogP contribution in [0.5, 0.6) is 11.5 Å². The number of aromatic nitrogens is 1. The summed E-state index contributed by atoms with van der Waals surface area (Å²) >= 11 is 1.40. The third kappa shape index (κ3) is 4.27. The second-order valence-corrected chi connectivity index (χ2v) is 7.16. The average Bonchev–Trinajstić information content (AvgIpc) is 3.18. The van der Waals surface area contributed by atoms with E-state index >= 15 is 0 Å². The van der Waals surface area contributed by atoms with Gasteiger partial charge >= 0.3 is 0 Å². The maximum Gasteiger partial charge on any atom is 0.257 e. The molecule has 138 valence electrons. The highest BCUT2D eigenvalue weighted by atomic mass is 32.1. The van der Waals surface area contributed by atoms with E-state index < -0.39 is 0 Å². The quantitative estimate of drug-likeness (QED) is 0.447. The minimum atomic E-state index is -0.160. The Morgan fingerprint density at radius 2 is 1.57 bits per heavy atom. The summed E-state index contributed by atoms with van der Waals surface area (Å²) < 4.78 is 5.81. The van der Waals surface area contributed by atoms with Crippen molar-refractivity contribution in [3.8, 4) is 22.8 Å². The van der Waals surface area contributed by atoms with Crippen LogP contribution in [0.1, 0.15) is 15.9 Å². The lowest BCUT2D eigenvalue weighted by atomic mass is 10.1. The number of hydrogen-bond donors (Lipinski definition) is 1. The zero-order valence-corrected chi connectivity index (χ0v) is 16.1. The van der Waals surface area contributed by atoms with Crippen molar-refractivity contribution < 1.29 is 9.53 Å². The SMILES string of the molecule is Cc1ccc(C(=O)Nc2nc(-c3ccc(Oc4ccccc4)cc3)cs2)cc1. The van der Waals surface area contributed by atoms with Crippen molar-refractivity contribution in [1.29, 1.82) is 0 Å². The molecule has 0 atom stereocenters. The number of thiazole rings is 1. The van der Waals surface area contributed by atoms with Crippen LogP contribution in [0.2, 0.25) is 0 Å². The van der Waals surface area contributed by atoms with Crippen molar-refractivity contribution in [2.45, 2.75) is 6.92 Å². The van der Waals surface area contributed by atoms with Crippen LogP contribution in [0, 0.1) is 6.92 Å². The van der Waals surface area contributed by atoms with Gasteiger partial charge in [-0.3, -0.25) is 10.1 Å². The second kappa shape index (κ2) is 8.06. The molecule has 28 heavy (non-hydrogen) atoms. The molecule has 0 radical (unpaired) electrons. The number of amides is 1. The van der Waals surface area contributed by atoms with Gasteiger partial charge in [0.25, 0.3) is 5.91 Å². The first kappa shape index (κ1) is 17.9. The van der Waals surface area contributed by atoms with Gasteiger partial charge in [0, 0.05) is 16.5 Å². The Morgan fingerprint density at radius 1 is 0.893 bits per heavy atom. The highest BCUT2D eigenvalue weighted by Gasteiger charge is 2.10. The van der Waals surface area contributed by atoms with Crippen LogP contribution < -0.4 is 10.1 Å². The molecule has 0 bridgehead atoms. The summed E-state index contributed by atoms with van der Waals surface area (Å²) in [6, 6.07) is 24.8. The number of hydrogen-bond acceptors (Lipinski definition) is 4. The molecule has 0 aliphatic carbocycles. The minimum absolute atomic E-state index is 0.160. The first-order chi connectivity index (χ1) is 13.7. The van der Waals surface area contributed by atoms with Gasteiger partial charge in [-0.15, -0.1) is 11.3 Å². The first-order valence-corrected chi connectivity index (χ1v) is 9.72. The number of benzene rings is 3. The zero-order chi connectivity index (χ0) is 19.3. The van der Waals surface area contributed by atoms with Gasteiger partial charge in [-0.1, -0.05) is 35.9 Å². The van der Waals surface area contributed by atoms with E-state index in [9.17, 15) is 4.79 Å². The Kier molecular flexibility index (Phi) is 5.17. The van der Waals surface area contributed by atoms with Crippen molar-refractivity contribution in [2.24, 2.45) is 0 Å². The Balaban J connectivity index is 1.43. The van der Waals surface area contributed by atoms with E-state index in [0.29, 0.717) is 10.7 Å². The largest absolute Gasteiger partial charge is 0.457 e. The number of ether oxygens (including phenoxy) is 1. The standard InChI is InChI=1S/C23H18N2O2S/c1-16-7-9-18(10-8-16)22(26)25-23-24-21(15-28-23)17-11-13-20(14-12-17)27-19-5-3-2-4-6-19/h2-15H,1H3,(H,24,25,26). The second-order valence-electron chi connectivity index (χ2n) is 6.30. The molecule has 4 rings (SSSR count). The molecule has 1 N–H and O–H groups in total. The third-order valence-corrected chi connectivity index (χ3v) is 4.93. The topological polar surface area (TPSA) is 51.2 Å². The molecule has 1 amide bonds. The maximum atomic E-state index is 12.3. The molecule has 1 heterocycles. The summed E-state index contributed by atoms with van der Waals surface area (Å²) in [5, 5.41) is 5.36. The predicted octanol–water partition coefficient (Wildman–Crippen LogP) is 6.16. The summed E-state index contributed by atoms with van der Waals surface area (Å²) in [5.74, 6) is 1.40. The average molecular weight is 386 g/mol. The van der Waals surface area contributed by atoms with Crippen LogP contribution in [0.4, 0.5) is 5.13 Å². The highest BCUT2D eigenvalue weighted by molar-refractivity contribution is 7.14. The van der Waals surface area contributed by atoms with Crippen LogP contribution in [-0.2, 0) is 0 Å². The molecule has 3 aromatic carbocycles. The van der Waals surface area contributed by atoms with E-state index in [-0.39, 0.29) is 5.91 Å². The van der Waals surface area contributed by atoms with Crippen molar-refractivity contribution >= 4 is 22.4 Å². The van der Waals surface area contributed by atoms with E-state index in [1.807, 2.05) is 91.2 Å². The van der Waals surface area contributed by atoms with Gasteiger partial charge in [-0.05, 0) is 55.5 Å². The number of anilines is 1. The van der Waals surface area contributed by atoms with Crippen LogP contribution in [0.15, 0.2) is 84.2 Å². The fourth-order valence-corrected chi connectivity index (χ4v) is 3.37. The van der Waals surface area contributed by atoms with Gasteiger partial charge in [0.05, 0.1) is 5.69 Å². The van der Waals surface area contributed by atoms with E-state index in [2.05, 4.69) is 10.3 Å². The Bertz CT molecular complexity index is 1070. The zero-order valence-electron chi connectivity index (χ0n) is 15.3. The van der Waals surface area contributed by atoms with Gasteiger partial charge < -0.3 is 4.74 Å². The molecule has 5 heteroatoms. The molecule has 0 fully saturated rings. The van der Waals surface area contributed by atoms with Gasteiger partial charge in [-0.25, -0.2) is 4.98 Å². The van der Waals surface area contributed by atoms with E-state index in [0.717, 1.165) is 28.3 Å². The molecule has 0 unspecified atom stereocenters. The summed E-state index contributed by atoms with van der Waals surface area (Å²) in [6.07, 6.45) is 0. The third-order valence-electron chi connectivity index (χ3n) is 4.17. The number of nitrogens with one attached hydrogen (secondary N) is 1. The van der Waals surface area contributed by atoms with E-state index in [1.54, 1.807) is 0 Å². The molecular formula is C23H18N2O2S. The van der Waals surface area contributed by atoms with Crippen molar-refractivity contribution in [3.63, 3.8) is 0 Å². The van der Waals surface area contributed by atoms with Crippen LogP contribution in [0.25, 0.3) is 11.3 Å². The molecule has 4 nitrogen and oxygen atoms in total. The Hall–Kier alpha value is -3.44. The molecule has 1 aromatic heterocycles. The number of aryl methyl sites for hydroxylation is 1. The summed E-state index contributed by atoms with van der Waals surface area (Å²) in [7, 11) is 0. The van der Waals surface area contributed by atoms with Crippen molar-refractivity contribution in [3.05, 3.63) is 95.4 Å². The normalized spacial score (nSPS) is 10.5. The van der Waals surface area contributed by atoms with Crippen LogP contribution in [-0.4, -0.2) is 10.9 Å². The molecule has 0 aliphatic rings. The van der Waals surface area contributed by atoms with Crippen LogP contribution in [0.3, 0.4) is 0 Å². The van der Waals surface area contributed by atoms with Gasteiger partial charge in [0.1, 0.15) is 11.5 Å². The van der Waals surface area contributed by atoms with Crippen molar-refractivity contribution in [1.82, 2.24) is 4.98 Å². The smallest absolute Gasteiger partial charge is 0.257 e. The van der Waals surface area contributed by atoms with Crippen molar-refractivity contribution in [2.75, 3.05) is 5.32 Å². The number of nitrogens with zero attached hydrogens (tertiary/aromatic N) is 1. The molecule has 4 aromatic rings. The minimum Gasteiger partial charge on any atom is -0.457 e. The fourth-order valence-electron chi connectivity index (χ4n) is 2.66. The number of rotatable bonds is 5. The lowest BCUT2D eigenvalue weighted by molar-refractivity contribution is 0.102. The molecular weight excluding hydrogens is 368 g/mol. The Morgan fingerprint density at radius 3 is 2.29 bits per heavy atom. The van der Waals surface area contributed by atoms with E-state index in [4.69, 9.17) is 4.74 Å². The van der Waals surface area contributed by atoms with Gasteiger partial charge in [-0.2, -0.15) is 0 Å². The molecule has 0 saturated heterocycles. The lowest BCUT2D eigenvalue weighted by Gasteiger charge is -2.06. The first-order valence-electron chi connectivity index (χ1n) is 8.84. The van der Waals surface area contributed by atoms with Gasteiger partial charge in [0.2, 0.25) is 0 Å². The fraction of sp³-hybridized carbons (Fsp3) is 0.0435. The van der Waals surface area contributed by atoms with Crippen LogP contribution >= 0.6 is 11.3 Å². The highest BCUT2D eigenvalue weighted by Crippen LogP contribution is 2.28. The number of carbonyl (C=O) groups excluding carboxylic acids is 1. The maximum absolute atomic E-state index is 12.3. The van der Waals surface area contributed by atoms with E-state index in [1.165, 1.54) is 11.3 Å². The summed E-state index contributed by atoms with van der Waals surface area (Å²) in [5.41, 5.74) is 3.51. The lowest BCUT2D eigenvalue weighted by Crippen LogP contribution is -2.11. The number of para-hydroxylation sites is 1. The summed E-state index contributed by atoms with van der Waals surface area (Å²) in [4.78, 5) is 16.9. The summed E-state index contributed by atoms with van der Waals surface area (Å²) in [6.45, 7) is 1.99. The molecule has 0 aliphatic heterocycles. The van der Waals surface area contributed by atoms with Gasteiger partial charge in [0.15, 0.2) is 5.13 Å². The predicted molar refractivity (Wildman–Crippen MR) is 113 cm³/mol.